The molecule has 3 nitrogen and oxygen atoms in total. The lowest BCUT2D eigenvalue weighted by molar-refractivity contribution is -0.125. The maximum absolute atomic E-state index is 11.7. The molecule has 0 fully saturated rings. The van der Waals surface area contributed by atoms with Crippen LogP contribution in [0.3, 0.4) is 0 Å². The van der Waals surface area contributed by atoms with Gasteiger partial charge in [-0.1, -0.05) is 19.9 Å². The highest BCUT2D eigenvalue weighted by Gasteiger charge is 2.15. The highest BCUT2D eigenvalue weighted by atomic mass is 32.1. The molecule has 0 aliphatic heterocycles. The molecule has 2 N–H and O–H groups in total. The minimum atomic E-state index is -0.585. The van der Waals surface area contributed by atoms with E-state index in [1.54, 1.807) is 0 Å². The Kier molecular flexibility index (Phi) is 5.49. The number of rotatable bonds is 6. The Morgan fingerprint density at radius 1 is 1.50 bits per heavy atom. The SMILES string of the molecule is CCC(CC)C(=O)NCC(O)c1cccs1. The Morgan fingerprint density at radius 2 is 2.19 bits per heavy atom. The van der Waals surface area contributed by atoms with Gasteiger partial charge >= 0.3 is 0 Å². The minimum absolute atomic E-state index is 0.0422. The van der Waals surface area contributed by atoms with Crippen molar-refractivity contribution >= 4 is 17.2 Å². The Bertz CT molecular complexity index is 307. The van der Waals surface area contributed by atoms with Crippen molar-refractivity contribution in [2.45, 2.75) is 32.8 Å². The summed E-state index contributed by atoms with van der Waals surface area (Å²) >= 11 is 1.50. The van der Waals surface area contributed by atoms with Gasteiger partial charge < -0.3 is 10.4 Å². The van der Waals surface area contributed by atoms with Crippen molar-refractivity contribution in [1.29, 1.82) is 0 Å². The summed E-state index contributed by atoms with van der Waals surface area (Å²) in [4.78, 5) is 12.6. The number of carbonyl (C=O) groups is 1. The zero-order valence-corrected chi connectivity index (χ0v) is 10.6. The van der Waals surface area contributed by atoms with Crippen molar-refractivity contribution in [2.75, 3.05) is 6.54 Å². The lowest BCUT2D eigenvalue weighted by Crippen LogP contribution is -2.33. The van der Waals surface area contributed by atoms with Crippen molar-refractivity contribution in [1.82, 2.24) is 5.32 Å². The van der Waals surface area contributed by atoms with Crippen LogP contribution in [-0.2, 0) is 4.79 Å². The van der Waals surface area contributed by atoms with E-state index in [0.717, 1.165) is 17.7 Å². The summed E-state index contributed by atoms with van der Waals surface area (Å²) in [5, 5.41) is 14.5. The van der Waals surface area contributed by atoms with E-state index >= 15 is 0 Å². The van der Waals surface area contributed by atoms with Gasteiger partial charge in [0.05, 0.1) is 0 Å². The molecular formula is C12H19NO2S. The van der Waals surface area contributed by atoms with Gasteiger partial charge in [0.25, 0.3) is 0 Å². The molecule has 0 saturated carbocycles. The smallest absolute Gasteiger partial charge is 0.223 e. The van der Waals surface area contributed by atoms with Crippen LogP contribution >= 0.6 is 11.3 Å². The second kappa shape index (κ2) is 6.66. The fraction of sp³-hybridized carbons (Fsp3) is 0.583. The molecule has 4 heteroatoms. The van der Waals surface area contributed by atoms with Crippen LogP contribution in [0.2, 0.25) is 0 Å². The first-order chi connectivity index (χ1) is 7.69. The van der Waals surface area contributed by atoms with E-state index in [1.807, 2.05) is 31.4 Å². The standard InChI is InChI=1S/C12H19NO2S/c1-3-9(4-2)12(15)13-8-10(14)11-6-5-7-16-11/h5-7,9-10,14H,3-4,8H2,1-2H3,(H,13,15). The summed E-state index contributed by atoms with van der Waals surface area (Å²) in [7, 11) is 0. The number of nitrogens with one attached hydrogen (secondary N) is 1. The molecular weight excluding hydrogens is 222 g/mol. The number of aliphatic hydroxyl groups excluding tert-OH is 1. The summed E-state index contributed by atoms with van der Waals surface area (Å²) in [6.45, 7) is 4.31. The van der Waals surface area contributed by atoms with Crippen LogP contribution in [0.5, 0.6) is 0 Å². The maximum Gasteiger partial charge on any atom is 0.223 e. The lowest BCUT2D eigenvalue weighted by atomic mass is 10.0. The first kappa shape index (κ1) is 13.2. The maximum atomic E-state index is 11.7. The summed E-state index contributed by atoms with van der Waals surface area (Å²) in [5.41, 5.74) is 0. The van der Waals surface area contributed by atoms with Crippen LogP contribution in [0.4, 0.5) is 0 Å². The largest absolute Gasteiger partial charge is 0.386 e. The van der Waals surface area contributed by atoms with E-state index in [2.05, 4.69) is 5.32 Å². The van der Waals surface area contributed by atoms with Crippen molar-refractivity contribution in [3.8, 4) is 0 Å². The fourth-order valence-electron chi connectivity index (χ4n) is 1.58. The van der Waals surface area contributed by atoms with Crippen molar-refractivity contribution in [2.24, 2.45) is 5.92 Å². The van der Waals surface area contributed by atoms with Gasteiger partial charge in [-0.3, -0.25) is 4.79 Å². The number of thiophene rings is 1. The molecule has 0 spiro atoms. The normalized spacial score (nSPS) is 12.8. The highest BCUT2D eigenvalue weighted by molar-refractivity contribution is 7.10. The number of amides is 1. The van der Waals surface area contributed by atoms with Crippen LogP contribution in [-0.4, -0.2) is 17.6 Å². The van der Waals surface area contributed by atoms with Crippen molar-refractivity contribution < 1.29 is 9.90 Å². The van der Waals surface area contributed by atoms with E-state index < -0.39 is 6.10 Å². The van der Waals surface area contributed by atoms with Gasteiger partial charge in [-0.15, -0.1) is 11.3 Å². The number of aliphatic hydroxyl groups is 1. The average molecular weight is 241 g/mol. The Labute approximate surface area is 100 Å². The summed E-state index contributed by atoms with van der Waals surface area (Å²) < 4.78 is 0. The van der Waals surface area contributed by atoms with E-state index in [9.17, 15) is 9.90 Å². The second-order valence-electron chi connectivity index (χ2n) is 3.79. The van der Waals surface area contributed by atoms with Crippen molar-refractivity contribution in [3.63, 3.8) is 0 Å². The molecule has 90 valence electrons. The fourth-order valence-corrected chi connectivity index (χ4v) is 2.29. The average Bonchev–Trinajstić information content (AvgIpc) is 2.81. The van der Waals surface area contributed by atoms with Gasteiger partial charge in [-0.2, -0.15) is 0 Å². The molecule has 0 saturated heterocycles. The van der Waals surface area contributed by atoms with E-state index in [1.165, 1.54) is 11.3 Å². The van der Waals surface area contributed by atoms with Gasteiger partial charge in [0.2, 0.25) is 5.91 Å². The molecule has 0 aromatic carbocycles. The van der Waals surface area contributed by atoms with Gasteiger partial charge in [0.15, 0.2) is 0 Å². The molecule has 1 unspecified atom stereocenters. The second-order valence-corrected chi connectivity index (χ2v) is 4.77. The molecule has 0 radical (unpaired) electrons. The summed E-state index contributed by atoms with van der Waals surface area (Å²) in [6, 6.07) is 3.77. The molecule has 1 aromatic rings. The molecule has 0 aliphatic carbocycles. The monoisotopic (exact) mass is 241 g/mol. The van der Waals surface area contributed by atoms with E-state index in [4.69, 9.17) is 0 Å². The number of carbonyl (C=O) groups excluding carboxylic acids is 1. The number of hydrogen-bond acceptors (Lipinski definition) is 3. The summed E-state index contributed by atoms with van der Waals surface area (Å²) in [5.74, 6) is 0.108. The van der Waals surface area contributed by atoms with Crippen LogP contribution in [0.15, 0.2) is 17.5 Å². The van der Waals surface area contributed by atoms with Gasteiger partial charge in [-0.05, 0) is 24.3 Å². The Balaban J connectivity index is 2.37. The summed E-state index contributed by atoms with van der Waals surface area (Å²) in [6.07, 6.45) is 1.10. The first-order valence-corrected chi connectivity index (χ1v) is 6.56. The van der Waals surface area contributed by atoms with Crippen LogP contribution in [0.25, 0.3) is 0 Å². The Morgan fingerprint density at radius 3 is 2.69 bits per heavy atom. The predicted molar refractivity (Wildman–Crippen MR) is 66.4 cm³/mol. The number of hydrogen-bond donors (Lipinski definition) is 2. The van der Waals surface area contributed by atoms with Crippen molar-refractivity contribution in [3.05, 3.63) is 22.4 Å². The zero-order valence-electron chi connectivity index (χ0n) is 9.77. The van der Waals surface area contributed by atoms with E-state index in [0.29, 0.717) is 6.54 Å². The Hall–Kier alpha value is -0.870. The van der Waals surface area contributed by atoms with Gasteiger partial charge in [0.1, 0.15) is 6.10 Å². The van der Waals surface area contributed by atoms with Gasteiger partial charge in [-0.25, -0.2) is 0 Å². The molecule has 1 heterocycles. The van der Waals surface area contributed by atoms with Crippen LogP contribution < -0.4 is 5.32 Å². The first-order valence-electron chi connectivity index (χ1n) is 5.68. The zero-order chi connectivity index (χ0) is 12.0. The topological polar surface area (TPSA) is 49.3 Å². The van der Waals surface area contributed by atoms with E-state index in [-0.39, 0.29) is 11.8 Å². The third-order valence-corrected chi connectivity index (χ3v) is 3.67. The molecule has 1 aromatic heterocycles. The predicted octanol–water partition coefficient (Wildman–Crippen LogP) is 2.33. The molecule has 1 atom stereocenters. The molecule has 0 aliphatic rings. The third kappa shape index (κ3) is 3.61. The van der Waals surface area contributed by atoms with Crippen LogP contribution in [0.1, 0.15) is 37.7 Å². The van der Waals surface area contributed by atoms with Crippen LogP contribution in [0, 0.1) is 5.92 Å². The molecule has 16 heavy (non-hydrogen) atoms. The molecule has 0 bridgehead atoms. The van der Waals surface area contributed by atoms with Gasteiger partial charge in [0, 0.05) is 17.3 Å². The molecule has 1 rings (SSSR count). The molecule has 1 amide bonds. The minimum Gasteiger partial charge on any atom is -0.386 e. The lowest BCUT2D eigenvalue weighted by Gasteiger charge is -2.15. The quantitative estimate of drug-likeness (QED) is 0.803. The highest BCUT2D eigenvalue weighted by Crippen LogP contribution is 2.18. The third-order valence-electron chi connectivity index (χ3n) is 2.70.